The highest BCUT2D eigenvalue weighted by atomic mass is 35.5. The third-order valence-corrected chi connectivity index (χ3v) is 8.73. The number of piperidine rings is 1. The lowest BCUT2D eigenvalue weighted by molar-refractivity contribution is -0.0810. The molecule has 1 amide bonds. The second kappa shape index (κ2) is 13.8. The van der Waals surface area contributed by atoms with E-state index in [-0.39, 0.29) is 30.7 Å². The Kier molecular flexibility index (Phi) is 9.92. The molecule has 1 saturated heterocycles. The number of carbonyl (C=O) groups is 3. The van der Waals surface area contributed by atoms with E-state index in [1.54, 1.807) is 31.2 Å². The molecule has 1 aliphatic rings. The van der Waals surface area contributed by atoms with Gasteiger partial charge in [0.05, 0.1) is 27.9 Å². The Balaban J connectivity index is 1.44. The maximum Gasteiger partial charge on any atom is 0.511 e. The fourth-order valence-corrected chi connectivity index (χ4v) is 6.27. The normalized spacial score (nSPS) is 15.0. The molecule has 1 atom stereocenters. The number of aromatic nitrogens is 2. The van der Waals surface area contributed by atoms with Crippen molar-refractivity contribution in [2.75, 3.05) is 19.7 Å². The van der Waals surface area contributed by atoms with Crippen LogP contribution in [0, 0.1) is 0 Å². The number of hydrogen-bond acceptors (Lipinski definition) is 10. The lowest BCUT2D eigenvalue weighted by Gasteiger charge is -2.34. The van der Waals surface area contributed by atoms with Crippen molar-refractivity contribution in [2.24, 2.45) is 0 Å². The van der Waals surface area contributed by atoms with Gasteiger partial charge in [-0.1, -0.05) is 22.8 Å². The maximum absolute atomic E-state index is 13.8. The van der Waals surface area contributed by atoms with Crippen LogP contribution in [0.3, 0.4) is 0 Å². The van der Waals surface area contributed by atoms with Crippen molar-refractivity contribution in [3.05, 3.63) is 63.8 Å². The van der Waals surface area contributed by atoms with E-state index < -0.39 is 18.4 Å². The Morgan fingerprint density at radius 1 is 1.11 bits per heavy atom. The number of thiophene rings is 1. The highest BCUT2D eigenvalue weighted by Crippen LogP contribution is 2.32. The first-order valence-corrected chi connectivity index (χ1v) is 15.7. The molecule has 44 heavy (non-hydrogen) atoms. The average Bonchev–Trinajstić information content (AvgIpc) is 3.72. The molecule has 3 aromatic heterocycles. The van der Waals surface area contributed by atoms with E-state index in [2.05, 4.69) is 29.2 Å². The Morgan fingerprint density at radius 3 is 2.57 bits per heavy atom. The van der Waals surface area contributed by atoms with Gasteiger partial charge >= 0.3 is 12.1 Å². The van der Waals surface area contributed by atoms with Gasteiger partial charge in [-0.15, -0.1) is 11.3 Å². The zero-order valence-corrected chi connectivity index (χ0v) is 26.6. The minimum atomic E-state index is -1.18. The first-order valence-electron chi connectivity index (χ1n) is 14.6. The molecule has 1 fully saturated rings. The van der Waals surface area contributed by atoms with E-state index in [1.165, 1.54) is 18.3 Å². The molecule has 0 saturated carbocycles. The number of amides is 1. The van der Waals surface area contributed by atoms with Crippen molar-refractivity contribution < 1.29 is 33.1 Å². The van der Waals surface area contributed by atoms with E-state index in [9.17, 15) is 14.4 Å². The summed E-state index contributed by atoms with van der Waals surface area (Å²) in [6.07, 6.45) is -0.434. The molecule has 0 aliphatic carbocycles. The fraction of sp³-hybridized carbons (Fsp3) is 0.419. The predicted octanol–water partition coefficient (Wildman–Crippen LogP) is 6.34. The summed E-state index contributed by atoms with van der Waals surface area (Å²) in [5, 5.41) is 7.95. The summed E-state index contributed by atoms with van der Waals surface area (Å²) < 4.78 is 23.2. The van der Waals surface area contributed by atoms with Crippen LogP contribution in [0.1, 0.15) is 67.1 Å². The number of hydrogen-bond donors (Lipinski definition) is 1. The summed E-state index contributed by atoms with van der Waals surface area (Å²) >= 11 is 7.48. The second-order valence-corrected chi connectivity index (χ2v) is 12.5. The molecule has 4 heterocycles. The van der Waals surface area contributed by atoms with Crippen LogP contribution in [0.5, 0.6) is 0 Å². The lowest BCUT2D eigenvalue weighted by Crippen LogP contribution is -2.46. The summed E-state index contributed by atoms with van der Waals surface area (Å²) in [6.45, 7) is 9.56. The molecule has 4 aromatic rings. The smallest absolute Gasteiger partial charge is 0.435 e. The van der Waals surface area contributed by atoms with Crippen molar-refractivity contribution in [1.29, 1.82) is 0 Å². The van der Waals surface area contributed by atoms with Gasteiger partial charge in [-0.25, -0.2) is 9.59 Å². The largest absolute Gasteiger partial charge is 0.511 e. The van der Waals surface area contributed by atoms with Gasteiger partial charge in [-0.2, -0.15) is 0 Å². The lowest BCUT2D eigenvalue weighted by atomic mass is 10.0. The SMILES string of the molecule is CCOC(=O)OC(C)OC(=O)c1cccc2c1cc(C(=O)NC1CCN(C(C)C)CC1)n2Cc1cc(-c2ccc(Cl)s2)on1. The van der Waals surface area contributed by atoms with Crippen LogP contribution in [-0.2, 0) is 20.8 Å². The topological polar surface area (TPSA) is 125 Å². The van der Waals surface area contributed by atoms with Crippen LogP contribution < -0.4 is 5.32 Å². The molecule has 0 radical (unpaired) electrons. The van der Waals surface area contributed by atoms with Gasteiger partial charge in [-0.05, 0) is 63.9 Å². The number of carbonyl (C=O) groups excluding carboxylic acids is 3. The minimum absolute atomic E-state index is 0.0245. The molecule has 0 bridgehead atoms. The van der Waals surface area contributed by atoms with Crippen molar-refractivity contribution >= 4 is 51.9 Å². The Bertz CT molecular complexity index is 1640. The van der Waals surface area contributed by atoms with E-state index in [0.29, 0.717) is 38.4 Å². The number of nitrogens with one attached hydrogen (secondary N) is 1. The number of benzene rings is 1. The van der Waals surface area contributed by atoms with Crippen LogP contribution in [0.15, 0.2) is 47.0 Å². The van der Waals surface area contributed by atoms with Crippen LogP contribution in [0.4, 0.5) is 4.79 Å². The predicted molar refractivity (Wildman–Crippen MR) is 166 cm³/mol. The number of esters is 1. The van der Waals surface area contributed by atoms with Gasteiger partial charge in [0.15, 0.2) is 5.76 Å². The molecule has 1 N–H and O–H groups in total. The van der Waals surface area contributed by atoms with Crippen molar-refractivity contribution in [2.45, 2.75) is 65.5 Å². The third kappa shape index (κ3) is 7.25. The zero-order valence-electron chi connectivity index (χ0n) is 25.0. The number of ether oxygens (including phenoxy) is 3. The number of nitrogens with zero attached hydrogens (tertiary/aromatic N) is 3. The van der Waals surface area contributed by atoms with Crippen LogP contribution >= 0.6 is 22.9 Å². The van der Waals surface area contributed by atoms with Crippen molar-refractivity contribution in [3.63, 3.8) is 0 Å². The van der Waals surface area contributed by atoms with Crippen LogP contribution in [-0.4, -0.2) is 70.7 Å². The first kappa shape index (κ1) is 31.6. The molecule has 11 nitrogen and oxygen atoms in total. The molecule has 1 unspecified atom stereocenters. The number of fused-ring (bicyclic) bond motifs is 1. The summed E-state index contributed by atoms with van der Waals surface area (Å²) in [7, 11) is 0. The molecular weight excluding hydrogens is 608 g/mol. The zero-order chi connectivity index (χ0) is 31.4. The van der Waals surface area contributed by atoms with Crippen molar-refractivity contribution in [1.82, 2.24) is 19.9 Å². The number of rotatable bonds is 10. The van der Waals surface area contributed by atoms with Gasteiger partial charge in [0, 0.05) is 49.1 Å². The maximum atomic E-state index is 13.8. The minimum Gasteiger partial charge on any atom is -0.435 e. The molecule has 1 aliphatic heterocycles. The molecule has 0 spiro atoms. The Labute approximate surface area is 264 Å². The molecule has 234 valence electrons. The van der Waals surface area contributed by atoms with Crippen LogP contribution in [0.2, 0.25) is 4.34 Å². The van der Waals surface area contributed by atoms with E-state index >= 15 is 0 Å². The fourth-order valence-electron chi connectivity index (χ4n) is 5.28. The quantitative estimate of drug-likeness (QED) is 0.156. The Hall–Kier alpha value is -3.87. The molecular formula is C31H35ClN4O7S. The van der Waals surface area contributed by atoms with E-state index in [4.69, 9.17) is 30.3 Å². The van der Waals surface area contributed by atoms with Crippen LogP contribution in [0.25, 0.3) is 21.5 Å². The van der Waals surface area contributed by atoms with Gasteiger partial charge < -0.3 is 33.5 Å². The first-order chi connectivity index (χ1) is 21.1. The standard InChI is InChI=1S/C31H35ClN4O7S/c1-5-40-31(39)42-19(4)41-30(38)22-7-6-8-24-23(22)16-25(29(37)33-20-11-13-35(14-12-20)18(2)3)36(24)17-21-15-26(43-34-21)27-9-10-28(32)44-27/h6-10,15-16,18-20H,5,11-14,17H2,1-4H3,(H,33,37). The second-order valence-electron chi connectivity index (χ2n) is 10.8. The summed E-state index contributed by atoms with van der Waals surface area (Å²) in [5.74, 6) is -0.400. The summed E-state index contributed by atoms with van der Waals surface area (Å²) in [6, 6.07) is 12.7. The average molecular weight is 643 g/mol. The summed E-state index contributed by atoms with van der Waals surface area (Å²) in [4.78, 5) is 41.9. The van der Waals surface area contributed by atoms with E-state index in [0.717, 1.165) is 30.8 Å². The Morgan fingerprint density at radius 2 is 1.89 bits per heavy atom. The summed E-state index contributed by atoms with van der Waals surface area (Å²) in [5.41, 5.74) is 1.80. The molecule has 1 aromatic carbocycles. The number of likely N-dealkylation sites (tertiary alicyclic amines) is 1. The highest BCUT2D eigenvalue weighted by Gasteiger charge is 2.27. The van der Waals surface area contributed by atoms with E-state index in [1.807, 2.05) is 22.8 Å². The van der Waals surface area contributed by atoms with Crippen molar-refractivity contribution in [3.8, 4) is 10.6 Å². The van der Waals surface area contributed by atoms with Gasteiger partial charge in [0.25, 0.3) is 5.91 Å². The monoisotopic (exact) mass is 642 g/mol. The third-order valence-electron chi connectivity index (χ3n) is 7.49. The molecule has 5 rings (SSSR count). The number of halogens is 1. The van der Waals surface area contributed by atoms with Gasteiger partial charge in [-0.3, -0.25) is 4.79 Å². The molecule has 13 heteroatoms. The highest BCUT2D eigenvalue weighted by molar-refractivity contribution is 7.19. The van der Waals surface area contributed by atoms with Gasteiger partial charge in [0.2, 0.25) is 6.29 Å². The van der Waals surface area contributed by atoms with Gasteiger partial charge in [0.1, 0.15) is 11.4 Å².